The molecule has 5 rings (SSSR count). The van der Waals surface area contributed by atoms with Crippen LogP contribution in [0.25, 0.3) is 27.8 Å². The van der Waals surface area contributed by atoms with E-state index in [0.29, 0.717) is 11.6 Å². The lowest BCUT2D eigenvalue weighted by Gasteiger charge is -2.21. The second-order valence-electron chi connectivity index (χ2n) is 9.49. The fraction of sp³-hybridized carbons (Fsp3) is 0.370. The van der Waals surface area contributed by atoms with Gasteiger partial charge in [-0.25, -0.2) is 9.48 Å². The van der Waals surface area contributed by atoms with E-state index >= 15 is 0 Å². The number of rotatable bonds is 9. The van der Waals surface area contributed by atoms with Gasteiger partial charge >= 0.3 is 5.97 Å². The predicted octanol–water partition coefficient (Wildman–Crippen LogP) is 4.68. The Morgan fingerprint density at radius 3 is 2.71 bits per heavy atom. The Morgan fingerprint density at radius 1 is 1.14 bits per heavy atom. The summed E-state index contributed by atoms with van der Waals surface area (Å²) >= 11 is 0. The molecular formula is C27H30N4O4. The summed E-state index contributed by atoms with van der Waals surface area (Å²) in [5, 5.41) is 10.3. The molecule has 0 unspecified atom stereocenters. The molecule has 2 aromatic carbocycles. The number of fused-ring (bicyclic) bond motifs is 1. The minimum absolute atomic E-state index is 0.154. The van der Waals surface area contributed by atoms with Crippen LogP contribution in [-0.2, 0) is 27.9 Å². The molecule has 2 aromatic heterocycles. The van der Waals surface area contributed by atoms with Crippen molar-refractivity contribution in [3.8, 4) is 22.7 Å². The second kappa shape index (κ2) is 9.19. The van der Waals surface area contributed by atoms with E-state index in [-0.39, 0.29) is 6.61 Å². The van der Waals surface area contributed by atoms with Crippen molar-refractivity contribution in [3.63, 3.8) is 0 Å². The third-order valence-electron chi connectivity index (χ3n) is 6.30. The summed E-state index contributed by atoms with van der Waals surface area (Å²) in [6.45, 7) is 4.28. The smallest absolute Gasteiger partial charge is 0.337 e. The van der Waals surface area contributed by atoms with Gasteiger partial charge in [0.15, 0.2) is 5.60 Å². The number of esters is 1. The van der Waals surface area contributed by atoms with Gasteiger partial charge in [0.05, 0.1) is 49.1 Å². The molecule has 182 valence electrons. The van der Waals surface area contributed by atoms with Crippen LogP contribution in [0.1, 0.15) is 32.4 Å². The summed E-state index contributed by atoms with van der Waals surface area (Å²) < 4.78 is 20.6. The third-order valence-corrected chi connectivity index (χ3v) is 6.30. The quantitative estimate of drug-likeness (QED) is 0.328. The van der Waals surface area contributed by atoms with Crippen molar-refractivity contribution in [1.82, 2.24) is 19.6 Å². The first-order valence-electron chi connectivity index (χ1n) is 11.8. The van der Waals surface area contributed by atoms with Crippen LogP contribution < -0.4 is 4.74 Å². The van der Waals surface area contributed by atoms with Crippen LogP contribution >= 0.6 is 0 Å². The van der Waals surface area contributed by atoms with Crippen LogP contribution in [0.2, 0.25) is 0 Å². The summed E-state index contributed by atoms with van der Waals surface area (Å²) in [5.41, 5.74) is 3.35. The van der Waals surface area contributed by atoms with E-state index in [1.165, 1.54) is 20.0 Å². The first-order valence-corrected chi connectivity index (χ1v) is 11.8. The lowest BCUT2D eigenvalue weighted by molar-refractivity contribution is -0.166. The molecule has 0 bridgehead atoms. The molecule has 0 spiro atoms. The minimum atomic E-state index is -1.09. The van der Waals surface area contributed by atoms with Gasteiger partial charge in [-0.15, -0.1) is 0 Å². The van der Waals surface area contributed by atoms with E-state index in [1.54, 1.807) is 13.8 Å². The first kappa shape index (κ1) is 23.1. The molecule has 0 saturated heterocycles. The van der Waals surface area contributed by atoms with E-state index < -0.39 is 11.6 Å². The number of aromatic nitrogens is 4. The number of ether oxygens (including phenoxy) is 3. The molecule has 2 heterocycles. The van der Waals surface area contributed by atoms with Crippen LogP contribution in [-0.4, -0.2) is 44.8 Å². The Hall–Kier alpha value is -3.65. The molecule has 1 fully saturated rings. The third kappa shape index (κ3) is 4.79. The Balaban J connectivity index is 1.55. The second-order valence-corrected chi connectivity index (χ2v) is 9.49. The van der Waals surface area contributed by atoms with Gasteiger partial charge in [0.25, 0.3) is 0 Å². The van der Waals surface area contributed by atoms with Gasteiger partial charge in [0.2, 0.25) is 0 Å². The zero-order valence-electron chi connectivity index (χ0n) is 20.5. The van der Waals surface area contributed by atoms with E-state index in [2.05, 4.69) is 5.10 Å². The number of methoxy groups -OCH3 is 1. The largest absolute Gasteiger partial charge is 0.493 e. The highest BCUT2D eigenvalue weighted by atomic mass is 16.6. The average molecular weight is 475 g/mol. The number of hydrogen-bond donors (Lipinski definition) is 0. The normalized spacial score (nSPS) is 13.8. The van der Waals surface area contributed by atoms with Gasteiger partial charge in [-0.3, -0.25) is 4.68 Å². The summed E-state index contributed by atoms with van der Waals surface area (Å²) in [5.74, 6) is 1.08. The summed E-state index contributed by atoms with van der Waals surface area (Å²) in [7, 11) is 3.28. The molecule has 0 aliphatic heterocycles. The fourth-order valence-corrected chi connectivity index (χ4v) is 4.08. The molecule has 0 N–H and O–H groups in total. The molecule has 1 aliphatic rings. The van der Waals surface area contributed by atoms with Gasteiger partial charge in [-0.05, 0) is 56.9 Å². The first-order chi connectivity index (χ1) is 16.9. The van der Waals surface area contributed by atoms with Crippen molar-refractivity contribution in [2.24, 2.45) is 13.0 Å². The van der Waals surface area contributed by atoms with Crippen molar-refractivity contribution in [2.45, 2.75) is 38.9 Å². The zero-order valence-corrected chi connectivity index (χ0v) is 20.5. The number of carbonyl (C=O) groups excluding carboxylic acids is 1. The Morgan fingerprint density at radius 2 is 1.94 bits per heavy atom. The zero-order chi connectivity index (χ0) is 24.6. The Kier molecular flexibility index (Phi) is 6.06. The number of hydrogen-bond acceptors (Lipinski definition) is 6. The number of benzene rings is 2. The number of para-hydroxylation sites is 1. The Labute approximate surface area is 204 Å². The molecule has 0 radical (unpaired) electrons. The molecule has 1 saturated carbocycles. The van der Waals surface area contributed by atoms with Gasteiger partial charge in [0.1, 0.15) is 5.75 Å². The summed E-state index contributed by atoms with van der Waals surface area (Å²) in [6.07, 6.45) is 4.33. The minimum Gasteiger partial charge on any atom is -0.493 e. The van der Waals surface area contributed by atoms with Gasteiger partial charge < -0.3 is 14.2 Å². The average Bonchev–Trinajstić information content (AvgIpc) is 3.48. The van der Waals surface area contributed by atoms with Crippen molar-refractivity contribution in [3.05, 3.63) is 60.4 Å². The standard InChI is InChI=1S/C27H30N4O4/c1-27(2,26(32)33-4)35-17-21-14-24(19-7-5-9-22(13-19)34-16-18-11-12-18)31(29-21)23-10-6-8-20-15-28-30(3)25(20)23/h5-10,13-15,18H,11-12,16-17H2,1-4H3. The van der Waals surface area contributed by atoms with Crippen LogP contribution in [0, 0.1) is 5.92 Å². The van der Waals surface area contributed by atoms with Crippen molar-refractivity contribution in [1.29, 1.82) is 0 Å². The van der Waals surface area contributed by atoms with Gasteiger partial charge in [-0.1, -0.05) is 24.3 Å². The van der Waals surface area contributed by atoms with E-state index in [0.717, 1.165) is 40.2 Å². The lowest BCUT2D eigenvalue weighted by atomic mass is 10.1. The monoisotopic (exact) mass is 474 g/mol. The fourth-order valence-electron chi connectivity index (χ4n) is 4.08. The highest BCUT2D eigenvalue weighted by Crippen LogP contribution is 2.33. The lowest BCUT2D eigenvalue weighted by Crippen LogP contribution is -2.35. The number of aryl methyl sites for hydroxylation is 1. The maximum atomic E-state index is 12.1. The van der Waals surface area contributed by atoms with Crippen LogP contribution in [0.4, 0.5) is 0 Å². The molecule has 4 aromatic rings. The Bertz CT molecular complexity index is 1370. The molecule has 0 atom stereocenters. The van der Waals surface area contributed by atoms with Crippen molar-refractivity contribution in [2.75, 3.05) is 13.7 Å². The molecule has 0 amide bonds. The maximum Gasteiger partial charge on any atom is 0.337 e. The van der Waals surface area contributed by atoms with E-state index in [1.807, 2.05) is 71.1 Å². The molecule has 8 nitrogen and oxygen atoms in total. The van der Waals surface area contributed by atoms with Gasteiger partial charge in [-0.2, -0.15) is 10.2 Å². The van der Waals surface area contributed by atoms with E-state index in [4.69, 9.17) is 19.3 Å². The summed E-state index contributed by atoms with van der Waals surface area (Å²) in [4.78, 5) is 12.1. The molecule has 8 heteroatoms. The number of nitrogens with zero attached hydrogens (tertiary/aromatic N) is 4. The van der Waals surface area contributed by atoms with Crippen molar-refractivity contribution < 1.29 is 19.0 Å². The SMILES string of the molecule is COC(=O)C(C)(C)OCc1cc(-c2cccc(OCC3CC3)c2)n(-c2cccc3cnn(C)c23)n1. The topological polar surface area (TPSA) is 80.4 Å². The molecule has 1 aliphatic carbocycles. The van der Waals surface area contributed by atoms with Crippen LogP contribution in [0.3, 0.4) is 0 Å². The summed E-state index contributed by atoms with van der Waals surface area (Å²) in [6, 6.07) is 16.1. The van der Waals surface area contributed by atoms with Crippen LogP contribution in [0.5, 0.6) is 5.75 Å². The highest BCUT2D eigenvalue weighted by molar-refractivity contribution is 5.87. The highest BCUT2D eigenvalue weighted by Gasteiger charge is 2.30. The van der Waals surface area contributed by atoms with Crippen LogP contribution in [0.15, 0.2) is 54.7 Å². The van der Waals surface area contributed by atoms with Crippen molar-refractivity contribution >= 4 is 16.9 Å². The number of carbonyl (C=O) groups is 1. The molecule has 35 heavy (non-hydrogen) atoms. The predicted molar refractivity (Wildman–Crippen MR) is 132 cm³/mol. The van der Waals surface area contributed by atoms with E-state index in [9.17, 15) is 4.79 Å². The maximum absolute atomic E-state index is 12.1. The molecular weight excluding hydrogens is 444 g/mol. The van der Waals surface area contributed by atoms with Gasteiger partial charge in [0, 0.05) is 18.0 Å².